The van der Waals surface area contributed by atoms with Gasteiger partial charge in [0.05, 0.1) is 0 Å². The number of nitrogen functional groups attached to an aromatic ring is 1. The summed E-state index contributed by atoms with van der Waals surface area (Å²) >= 11 is 0. The highest BCUT2D eigenvalue weighted by Gasteiger charge is 2.00. The van der Waals surface area contributed by atoms with Gasteiger partial charge in [-0.3, -0.25) is 14.3 Å². The van der Waals surface area contributed by atoms with Crippen molar-refractivity contribution in [1.82, 2.24) is 9.55 Å². The van der Waals surface area contributed by atoms with Gasteiger partial charge in [0.25, 0.3) is 5.56 Å². The van der Waals surface area contributed by atoms with Gasteiger partial charge in [-0.25, -0.2) is 4.79 Å². The normalized spacial score (nSPS) is 10.4. The Hall–Kier alpha value is -1.56. The summed E-state index contributed by atoms with van der Waals surface area (Å²) in [7, 11) is 0. The zero-order valence-corrected chi connectivity index (χ0v) is 7.95. The van der Waals surface area contributed by atoms with Crippen LogP contribution >= 0.6 is 0 Å². The van der Waals surface area contributed by atoms with Gasteiger partial charge < -0.3 is 10.5 Å². The van der Waals surface area contributed by atoms with Gasteiger partial charge in [0.15, 0.2) is 0 Å². The van der Waals surface area contributed by atoms with Gasteiger partial charge in [-0.1, -0.05) is 6.92 Å². The van der Waals surface area contributed by atoms with Crippen LogP contribution in [0.15, 0.2) is 15.8 Å². The third-order valence-electron chi connectivity index (χ3n) is 1.62. The van der Waals surface area contributed by atoms with Gasteiger partial charge in [0.1, 0.15) is 12.4 Å². The Morgan fingerprint density at radius 1 is 1.57 bits per heavy atom. The number of hydrogen-bond acceptors (Lipinski definition) is 4. The van der Waals surface area contributed by atoms with E-state index in [2.05, 4.69) is 4.98 Å². The Labute approximate surface area is 80.3 Å². The average molecular weight is 199 g/mol. The van der Waals surface area contributed by atoms with Crippen molar-refractivity contribution >= 4 is 5.69 Å². The molecule has 0 bridgehead atoms. The molecule has 78 valence electrons. The Morgan fingerprint density at radius 2 is 2.29 bits per heavy atom. The fraction of sp³-hybridized carbons (Fsp3) is 0.500. The van der Waals surface area contributed by atoms with Crippen LogP contribution in [0.4, 0.5) is 5.69 Å². The number of ether oxygens (including phenoxy) is 1. The Kier molecular flexibility index (Phi) is 3.47. The van der Waals surface area contributed by atoms with Crippen molar-refractivity contribution in [3.8, 4) is 0 Å². The molecule has 1 aromatic heterocycles. The second kappa shape index (κ2) is 4.61. The first-order valence-electron chi connectivity index (χ1n) is 4.32. The third kappa shape index (κ3) is 2.46. The van der Waals surface area contributed by atoms with Gasteiger partial charge in [0, 0.05) is 12.8 Å². The Balaban J connectivity index is 2.82. The van der Waals surface area contributed by atoms with E-state index in [1.54, 1.807) is 0 Å². The first-order valence-corrected chi connectivity index (χ1v) is 4.32. The molecule has 0 aromatic carbocycles. The molecule has 0 atom stereocenters. The highest BCUT2D eigenvalue weighted by Crippen LogP contribution is 1.89. The van der Waals surface area contributed by atoms with E-state index in [0.717, 1.165) is 6.42 Å². The summed E-state index contributed by atoms with van der Waals surface area (Å²) in [5.74, 6) is 0. The summed E-state index contributed by atoms with van der Waals surface area (Å²) in [5.41, 5.74) is 4.26. The van der Waals surface area contributed by atoms with E-state index < -0.39 is 11.2 Å². The number of aromatic amines is 1. The van der Waals surface area contributed by atoms with E-state index >= 15 is 0 Å². The fourth-order valence-electron chi connectivity index (χ4n) is 0.929. The van der Waals surface area contributed by atoms with Crippen LogP contribution in [-0.4, -0.2) is 16.2 Å². The minimum Gasteiger partial charge on any atom is -0.393 e. The van der Waals surface area contributed by atoms with Crippen molar-refractivity contribution in [1.29, 1.82) is 0 Å². The second-order valence-corrected chi connectivity index (χ2v) is 2.85. The summed E-state index contributed by atoms with van der Waals surface area (Å²) in [5, 5.41) is 0. The fourth-order valence-corrected chi connectivity index (χ4v) is 0.929. The van der Waals surface area contributed by atoms with Crippen LogP contribution in [0.3, 0.4) is 0 Å². The molecule has 1 heterocycles. The Bertz CT molecular complexity index is 407. The number of hydrogen-bond donors (Lipinski definition) is 2. The van der Waals surface area contributed by atoms with Gasteiger partial charge >= 0.3 is 5.69 Å². The average Bonchev–Trinajstić information content (AvgIpc) is 2.14. The van der Waals surface area contributed by atoms with E-state index in [1.807, 2.05) is 6.92 Å². The van der Waals surface area contributed by atoms with Crippen LogP contribution < -0.4 is 17.0 Å². The van der Waals surface area contributed by atoms with Crippen molar-refractivity contribution < 1.29 is 4.74 Å². The van der Waals surface area contributed by atoms with Gasteiger partial charge in [0.2, 0.25) is 0 Å². The molecule has 14 heavy (non-hydrogen) atoms. The molecule has 0 aliphatic rings. The molecule has 0 aliphatic carbocycles. The predicted molar refractivity (Wildman–Crippen MR) is 52.0 cm³/mol. The van der Waals surface area contributed by atoms with Crippen molar-refractivity contribution in [2.75, 3.05) is 12.3 Å². The molecule has 6 heteroatoms. The van der Waals surface area contributed by atoms with Crippen molar-refractivity contribution in [2.24, 2.45) is 0 Å². The maximum Gasteiger partial charge on any atom is 0.330 e. The molecule has 0 saturated carbocycles. The van der Waals surface area contributed by atoms with Crippen LogP contribution in [0.5, 0.6) is 0 Å². The molecular weight excluding hydrogens is 186 g/mol. The molecule has 0 spiro atoms. The molecule has 0 amide bonds. The van der Waals surface area contributed by atoms with Gasteiger partial charge in [-0.2, -0.15) is 0 Å². The first kappa shape index (κ1) is 10.5. The molecule has 1 rings (SSSR count). The topological polar surface area (TPSA) is 90.1 Å². The smallest absolute Gasteiger partial charge is 0.330 e. The van der Waals surface area contributed by atoms with E-state index in [1.165, 1.54) is 10.8 Å². The quantitative estimate of drug-likeness (QED) is 0.640. The van der Waals surface area contributed by atoms with Gasteiger partial charge in [-0.15, -0.1) is 0 Å². The summed E-state index contributed by atoms with van der Waals surface area (Å²) in [4.78, 5) is 24.1. The summed E-state index contributed by atoms with van der Waals surface area (Å²) in [6.45, 7) is 2.63. The lowest BCUT2D eigenvalue weighted by molar-refractivity contribution is 0.0743. The van der Waals surface area contributed by atoms with Crippen molar-refractivity contribution in [2.45, 2.75) is 20.1 Å². The highest BCUT2D eigenvalue weighted by molar-refractivity contribution is 5.29. The molecule has 0 saturated heterocycles. The maximum atomic E-state index is 11.2. The van der Waals surface area contributed by atoms with E-state index in [4.69, 9.17) is 10.5 Å². The maximum absolute atomic E-state index is 11.2. The zero-order valence-electron chi connectivity index (χ0n) is 7.95. The lowest BCUT2D eigenvalue weighted by Gasteiger charge is -2.05. The van der Waals surface area contributed by atoms with Crippen LogP contribution in [0.25, 0.3) is 0 Å². The van der Waals surface area contributed by atoms with E-state index in [9.17, 15) is 9.59 Å². The number of nitrogens with one attached hydrogen (secondary N) is 1. The minimum absolute atomic E-state index is 0.00435. The number of nitrogens with two attached hydrogens (primary N) is 1. The number of nitrogens with zero attached hydrogens (tertiary/aromatic N) is 1. The SMILES string of the molecule is CCCOCn1cc(N)c(=O)[nH]c1=O. The van der Waals surface area contributed by atoms with Crippen LogP contribution in [-0.2, 0) is 11.5 Å². The third-order valence-corrected chi connectivity index (χ3v) is 1.62. The second-order valence-electron chi connectivity index (χ2n) is 2.85. The monoisotopic (exact) mass is 199 g/mol. The van der Waals surface area contributed by atoms with Crippen LogP contribution in [0.2, 0.25) is 0 Å². The summed E-state index contributed by atoms with van der Waals surface area (Å²) in [6, 6.07) is 0. The van der Waals surface area contributed by atoms with Crippen LogP contribution in [0.1, 0.15) is 13.3 Å². The van der Waals surface area contributed by atoms with Gasteiger partial charge in [-0.05, 0) is 6.42 Å². The lowest BCUT2D eigenvalue weighted by Crippen LogP contribution is -2.31. The van der Waals surface area contributed by atoms with E-state index in [-0.39, 0.29) is 12.4 Å². The molecule has 1 aromatic rings. The van der Waals surface area contributed by atoms with E-state index in [0.29, 0.717) is 6.61 Å². The standard InChI is InChI=1S/C8H13N3O3/c1-2-3-14-5-11-4-6(9)7(12)10-8(11)13/h4H,2-3,5,9H2,1H3,(H,10,12,13). The predicted octanol–water partition coefficient (Wildman–Crippen LogP) is -0.497. The molecule has 0 fully saturated rings. The minimum atomic E-state index is -0.568. The first-order chi connectivity index (χ1) is 6.65. The van der Waals surface area contributed by atoms with Crippen molar-refractivity contribution in [3.63, 3.8) is 0 Å². The lowest BCUT2D eigenvalue weighted by atomic mass is 10.5. The molecule has 0 radical (unpaired) electrons. The molecular formula is C8H13N3O3. The largest absolute Gasteiger partial charge is 0.393 e. The molecule has 0 aliphatic heterocycles. The molecule has 0 unspecified atom stereocenters. The molecule has 6 nitrogen and oxygen atoms in total. The number of anilines is 1. The number of rotatable bonds is 4. The van der Waals surface area contributed by atoms with Crippen LogP contribution in [0, 0.1) is 0 Å². The van der Waals surface area contributed by atoms with Crippen molar-refractivity contribution in [3.05, 3.63) is 27.0 Å². The Morgan fingerprint density at radius 3 is 2.93 bits per heavy atom. The highest BCUT2D eigenvalue weighted by atomic mass is 16.5. The number of H-pyrrole nitrogens is 1. The zero-order chi connectivity index (χ0) is 10.6. The summed E-state index contributed by atoms with van der Waals surface area (Å²) in [6.07, 6.45) is 2.14. The number of aromatic nitrogens is 2. The molecule has 3 N–H and O–H groups in total. The summed E-state index contributed by atoms with van der Waals surface area (Å²) < 4.78 is 6.34.